The molecule has 1 aliphatic rings. The number of urea groups is 1. The van der Waals surface area contributed by atoms with Crippen molar-refractivity contribution in [2.24, 2.45) is 0 Å². The van der Waals surface area contributed by atoms with Crippen LogP contribution in [-0.2, 0) is 16.2 Å². The third kappa shape index (κ3) is 4.79. The van der Waals surface area contributed by atoms with Gasteiger partial charge in [0, 0.05) is 22.2 Å². The summed E-state index contributed by atoms with van der Waals surface area (Å²) in [6.45, 7) is 2.01. The van der Waals surface area contributed by atoms with Crippen LogP contribution in [0.15, 0.2) is 72.3 Å². The van der Waals surface area contributed by atoms with E-state index >= 15 is 0 Å². The molecule has 7 nitrogen and oxygen atoms in total. The number of methoxy groups -OCH3 is 1. The Kier molecular flexibility index (Phi) is 6.65. The summed E-state index contributed by atoms with van der Waals surface area (Å²) in [5.41, 5.74) is 2.27. The molecule has 1 N–H and O–H groups in total. The highest BCUT2D eigenvalue weighted by molar-refractivity contribution is 6.39. The minimum Gasteiger partial charge on any atom is -0.497 e. The zero-order valence-corrected chi connectivity index (χ0v) is 19.3. The quantitative estimate of drug-likeness (QED) is 0.404. The second-order valence-electron chi connectivity index (χ2n) is 7.58. The van der Waals surface area contributed by atoms with Gasteiger partial charge in [-0.05, 0) is 48.9 Å². The zero-order chi connectivity index (χ0) is 24.2. The van der Waals surface area contributed by atoms with Crippen LogP contribution in [0.1, 0.15) is 16.7 Å². The number of hydrogen-bond donors (Lipinski definition) is 1. The molecule has 0 radical (unpaired) electrons. The molecule has 8 heteroatoms. The van der Waals surface area contributed by atoms with Crippen molar-refractivity contribution in [2.45, 2.75) is 13.5 Å². The molecule has 0 aromatic heterocycles. The van der Waals surface area contributed by atoms with Gasteiger partial charge in [0.05, 0.1) is 12.8 Å². The number of hydrogen-bond acceptors (Lipinski definition) is 5. The van der Waals surface area contributed by atoms with E-state index in [1.54, 1.807) is 42.5 Å². The number of halogens is 1. The Morgan fingerprint density at radius 3 is 2.53 bits per heavy atom. The van der Waals surface area contributed by atoms with Crippen molar-refractivity contribution < 1.29 is 23.9 Å². The Morgan fingerprint density at radius 1 is 1.00 bits per heavy atom. The standard InChI is InChI=1S/C26H21ClN2O5/c1-16-6-5-8-19(12-16)29-25(31)21(24(30)28-26(29)32)13-17-10-11-20(33-2)14-23(17)34-15-18-7-3-4-9-22(18)27/h3-14H,15H2,1-2H3,(H,28,30,32)/b21-13+. The smallest absolute Gasteiger partial charge is 0.335 e. The van der Waals surface area contributed by atoms with Crippen LogP contribution in [0.4, 0.5) is 10.5 Å². The summed E-state index contributed by atoms with van der Waals surface area (Å²) < 4.78 is 11.3. The molecule has 0 saturated carbocycles. The molecule has 4 amide bonds. The highest BCUT2D eigenvalue weighted by Gasteiger charge is 2.37. The van der Waals surface area contributed by atoms with Gasteiger partial charge < -0.3 is 9.47 Å². The van der Waals surface area contributed by atoms with Crippen molar-refractivity contribution in [3.63, 3.8) is 0 Å². The average molecular weight is 477 g/mol. The largest absolute Gasteiger partial charge is 0.497 e. The molecule has 4 rings (SSSR count). The molecule has 0 bridgehead atoms. The maximum absolute atomic E-state index is 13.2. The molecule has 172 valence electrons. The van der Waals surface area contributed by atoms with Gasteiger partial charge in [0.1, 0.15) is 23.7 Å². The molecule has 0 atom stereocenters. The molecular weight excluding hydrogens is 456 g/mol. The Labute approximate surface area is 201 Å². The van der Waals surface area contributed by atoms with Gasteiger partial charge in [-0.1, -0.05) is 41.9 Å². The van der Waals surface area contributed by atoms with Gasteiger partial charge in [0.2, 0.25) is 0 Å². The summed E-state index contributed by atoms with van der Waals surface area (Å²) in [5.74, 6) is -0.599. The normalized spacial score (nSPS) is 14.9. The molecule has 3 aromatic carbocycles. The Hall–Kier alpha value is -4.10. The van der Waals surface area contributed by atoms with E-state index in [4.69, 9.17) is 21.1 Å². The number of imide groups is 2. The van der Waals surface area contributed by atoms with Crippen molar-refractivity contribution in [3.8, 4) is 11.5 Å². The number of ether oxygens (including phenoxy) is 2. The van der Waals surface area contributed by atoms with E-state index in [9.17, 15) is 14.4 Å². The number of carbonyl (C=O) groups excluding carboxylic acids is 3. The first-order valence-electron chi connectivity index (χ1n) is 10.4. The van der Waals surface area contributed by atoms with Gasteiger partial charge in [0.15, 0.2) is 0 Å². The second-order valence-corrected chi connectivity index (χ2v) is 7.99. The molecular formula is C26H21ClN2O5. The van der Waals surface area contributed by atoms with Gasteiger partial charge in [-0.2, -0.15) is 0 Å². The van der Waals surface area contributed by atoms with E-state index in [1.807, 2.05) is 31.2 Å². The topological polar surface area (TPSA) is 84.9 Å². The van der Waals surface area contributed by atoms with E-state index in [0.29, 0.717) is 27.8 Å². The maximum Gasteiger partial charge on any atom is 0.335 e. The highest BCUT2D eigenvalue weighted by Crippen LogP contribution is 2.30. The zero-order valence-electron chi connectivity index (χ0n) is 18.5. The fourth-order valence-corrected chi connectivity index (χ4v) is 3.66. The maximum atomic E-state index is 13.2. The van der Waals surface area contributed by atoms with Crippen LogP contribution in [0.3, 0.4) is 0 Å². The van der Waals surface area contributed by atoms with Crippen molar-refractivity contribution in [1.29, 1.82) is 0 Å². The minimum atomic E-state index is -0.803. The lowest BCUT2D eigenvalue weighted by atomic mass is 10.1. The molecule has 0 aliphatic carbocycles. The Bertz CT molecular complexity index is 1320. The number of rotatable bonds is 6. The summed E-state index contributed by atoms with van der Waals surface area (Å²) >= 11 is 6.23. The van der Waals surface area contributed by atoms with Crippen LogP contribution in [-0.4, -0.2) is 25.0 Å². The molecule has 1 aliphatic heterocycles. The first-order chi connectivity index (χ1) is 16.4. The molecule has 1 heterocycles. The molecule has 1 saturated heterocycles. The van der Waals surface area contributed by atoms with E-state index in [1.165, 1.54) is 13.2 Å². The lowest BCUT2D eigenvalue weighted by Gasteiger charge is -2.26. The van der Waals surface area contributed by atoms with Gasteiger partial charge >= 0.3 is 6.03 Å². The predicted octanol–water partition coefficient (Wildman–Crippen LogP) is 4.90. The Morgan fingerprint density at radius 2 is 1.79 bits per heavy atom. The number of nitrogens with zero attached hydrogens (tertiary/aromatic N) is 1. The van der Waals surface area contributed by atoms with Gasteiger partial charge in [0.25, 0.3) is 11.8 Å². The number of aryl methyl sites for hydroxylation is 1. The first-order valence-corrected chi connectivity index (χ1v) is 10.8. The van der Waals surface area contributed by atoms with Crippen molar-refractivity contribution in [3.05, 3.63) is 94.0 Å². The number of carbonyl (C=O) groups is 3. The summed E-state index contributed by atoms with van der Waals surface area (Å²) in [4.78, 5) is 39.2. The SMILES string of the molecule is COc1ccc(/C=C2\C(=O)NC(=O)N(c3cccc(C)c3)C2=O)c(OCc2ccccc2Cl)c1. The summed E-state index contributed by atoms with van der Waals surface area (Å²) in [7, 11) is 1.52. The lowest BCUT2D eigenvalue weighted by Crippen LogP contribution is -2.54. The van der Waals surface area contributed by atoms with Crippen LogP contribution in [0.25, 0.3) is 6.08 Å². The summed E-state index contributed by atoms with van der Waals surface area (Å²) in [6, 6.07) is 18.4. The fourth-order valence-electron chi connectivity index (χ4n) is 3.47. The first kappa shape index (κ1) is 23.1. The third-order valence-electron chi connectivity index (χ3n) is 5.22. The van der Waals surface area contributed by atoms with Crippen LogP contribution >= 0.6 is 11.6 Å². The number of amides is 4. The van der Waals surface area contributed by atoms with Crippen LogP contribution in [0.5, 0.6) is 11.5 Å². The predicted molar refractivity (Wildman–Crippen MR) is 129 cm³/mol. The number of benzene rings is 3. The fraction of sp³-hybridized carbons (Fsp3) is 0.115. The third-order valence-corrected chi connectivity index (χ3v) is 5.59. The number of anilines is 1. The molecule has 0 spiro atoms. The molecule has 3 aromatic rings. The van der Waals surface area contributed by atoms with Gasteiger partial charge in [-0.15, -0.1) is 0 Å². The van der Waals surface area contributed by atoms with Crippen LogP contribution in [0, 0.1) is 6.92 Å². The number of barbiturate groups is 1. The Balaban J connectivity index is 1.70. The minimum absolute atomic E-state index is 0.164. The molecule has 0 unspecified atom stereocenters. The van der Waals surface area contributed by atoms with E-state index in [2.05, 4.69) is 5.32 Å². The van der Waals surface area contributed by atoms with Crippen molar-refractivity contribution in [1.82, 2.24) is 5.32 Å². The van der Waals surface area contributed by atoms with Crippen molar-refractivity contribution >= 4 is 41.2 Å². The second kappa shape index (κ2) is 9.80. The lowest BCUT2D eigenvalue weighted by molar-refractivity contribution is -0.122. The monoisotopic (exact) mass is 476 g/mol. The van der Waals surface area contributed by atoms with Crippen molar-refractivity contribution in [2.75, 3.05) is 12.0 Å². The van der Waals surface area contributed by atoms with Gasteiger partial charge in [-0.25, -0.2) is 9.69 Å². The summed E-state index contributed by atoms with van der Waals surface area (Å²) in [6.07, 6.45) is 1.40. The van der Waals surface area contributed by atoms with E-state index in [-0.39, 0.29) is 12.2 Å². The average Bonchev–Trinajstić information content (AvgIpc) is 2.81. The van der Waals surface area contributed by atoms with Crippen LogP contribution in [0.2, 0.25) is 5.02 Å². The van der Waals surface area contributed by atoms with Crippen LogP contribution < -0.4 is 19.7 Å². The molecule has 1 fully saturated rings. The molecule has 34 heavy (non-hydrogen) atoms. The highest BCUT2D eigenvalue weighted by atomic mass is 35.5. The summed E-state index contributed by atoms with van der Waals surface area (Å²) in [5, 5.41) is 2.79. The van der Waals surface area contributed by atoms with E-state index < -0.39 is 17.8 Å². The number of nitrogens with one attached hydrogen (secondary N) is 1. The van der Waals surface area contributed by atoms with Gasteiger partial charge in [-0.3, -0.25) is 14.9 Å². The van der Waals surface area contributed by atoms with E-state index in [0.717, 1.165) is 16.0 Å².